The second-order valence-electron chi connectivity index (χ2n) is 5.61. The Bertz CT molecular complexity index is 1130. The molecular weight excluding hydrogens is 417 g/mol. The molecule has 3 aromatic rings. The Balaban J connectivity index is 1.75. The van der Waals surface area contributed by atoms with Gasteiger partial charge in [-0.05, 0) is 31.2 Å². The molecule has 0 aliphatic rings. The van der Waals surface area contributed by atoms with E-state index in [1.54, 1.807) is 35.9 Å². The average Bonchev–Trinajstić information content (AvgIpc) is 2.70. The summed E-state index contributed by atoms with van der Waals surface area (Å²) in [5.74, 6) is -0.766. The van der Waals surface area contributed by atoms with Gasteiger partial charge in [-0.3, -0.25) is 5.32 Å². The highest BCUT2D eigenvalue weighted by Crippen LogP contribution is 2.18. The van der Waals surface area contributed by atoms with Crippen LogP contribution in [-0.4, -0.2) is 36.0 Å². The molecule has 156 valence electrons. The maximum Gasteiger partial charge on any atom is 0.411 e. The molecule has 2 aromatic carbocycles. The van der Waals surface area contributed by atoms with Crippen molar-refractivity contribution in [2.75, 3.05) is 11.9 Å². The van der Waals surface area contributed by atoms with E-state index < -0.39 is 22.2 Å². The molecule has 2 amide bonds. The summed E-state index contributed by atoms with van der Waals surface area (Å²) in [5, 5.41) is 2.19. The molecule has 0 atom stereocenters. The fourth-order valence-electron chi connectivity index (χ4n) is 2.20. The number of anilines is 1. The molecule has 30 heavy (non-hydrogen) atoms. The van der Waals surface area contributed by atoms with Gasteiger partial charge < -0.3 is 8.92 Å². The quantitative estimate of drug-likeness (QED) is 0.581. The highest BCUT2D eigenvalue weighted by molar-refractivity contribution is 7.85. The molecule has 0 bridgehead atoms. The number of urea groups is 1. The lowest BCUT2D eigenvalue weighted by Gasteiger charge is -2.10. The molecule has 0 saturated heterocycles. The summed E-state index contributed by atoms with van der Waals surface area (Å²) in [4.78, 5) is 24.3. The summed E-state index contributed by atoms with van der Waals surface area (Å²) in [5.41, 5.74) is 0.636. The fraction of sp³-hybridized carbons (Fsp3) is 0.111. The van der Waals surface area contributed by atoms with Crippen molar-refractivity contribution < 1.29 is 26.5 Å². The number of carbonyl (C=O) groups excluding carboxylic acids is 1. The van der Waals surface area contributed by atoms with E-state index >= 15 is 0 Å². The molecule has 0 radical (unpaired) electrons. The van der Waals surface area contributed by atoms with Crippen molar-refractivity contribution in [2.45, 2.75) is 6.92 Å². The molecule has 0 aliphatic heterocycles. The minimum atomic E-state index is -4.54. The highest BCUT2D eigenvalue weighted by atomic mass is 32.2. The lowest BCUT2D eigenvalue weighted by Crippen LogP contribution is -2.37. The van der Waals surface area contributed by atoms with E-state index in [2.05, 4.69) is 24.5 Å². The number of benzene rings is 2. The lowest BCUT2D eigenvalue weighted by molar-refractivity contribution is 0.255. The fourth-order valence-corrected chi connectivity index (χ4v) is 2.88. The van der Waals surface area contributed by atoms with Crippen LogP contribution in [0.3, 0.4) is 0 Å². The van der Waals surface area contributed by atoms with Crippen molar-refractivity contribution in [3.8, 4) is 23.1 Å². The zero-order valence-electron chi connectivity index (χ0n) is 15.6. The summed E-state index contributed by atoms with van der Waals surface area (Å²) in [6.07, 6.45) is 0. The Morgan fingerprint density at radius 3 is 2.40 bits per heavy atom. The molecular formula is C18H16FN5O5S. The van der Waals surface area contributed by atoms with Crippen molar-refractivity contribution in [2.24, 2.45) is 0 Å². The van der Waals surface area contributed by atoms with E-state index in [-0.39, 0.29) is 30.1 Å². The summed E-state index contributed by atoms with van der Waals surface area (Å²) in [6, 6.07) is 11.8. The monoisotopic (exact) mass is 433 g/mol. The molecule has 10 nitrogen and oxygen atoms in total. The van der Waals surface area contributed by atoms with E-state index in [0.29, 0.717) is 5.56 Å². The highest BCUT2D eigenvalue weighted by Gasteiger charge is 2.19. The van der Waals surface area contributed by atoms with Gasteiger partial charge in [-0.25, -0.2) is 13.9 Å². The molecule has 12 heteroatoms. The number of aromatic nitrogens is 3. The van der Waals surface area contributed by atoms with E-state index in [9.17, 15) is 17.6 Å². The van der Waals surface area contributed by atoms with E-state index in [1.807, 2.05) is 6.07 Å². The summed E-state index contributed by atoms with van der Waals surface area (Å²) >= 11 is 0. The predicted molar refractivity (Wildman–Crippen MR) is 105 cm³/mol. The third-order valence-corrected chi connectivity index (χ3v) is 4.23. The van der Waals surface area contributed by atoms with Gasteiger partial charge in [0.2, 0.25) is 5.95 Å². The zero-order chi connectivity index (χ0) is 21.6. The van der Waals surface area contributed by atoms with Gasteiger partial charge in [0.25, 0.3) is 0 Å². The zero-order valence-corrected chi connectivity index (χ0v) is 16.4. The molecule has 3 rings (SSSR count). The topological polar surface area (TPSA) is 132 Å². The molecule has 2 N–H and O–H groups in total. The molecule has 0 unspecified atom stereocenters. The molecule has 0 saturated carbocycles. The van der Waals surface area contributed by atoms with Gasteiger partial charge in [0.05, 0.1) is 6.61 Å². The SMILES string of the molecule is CCOc1nc(NC(=O)NS(=O)(=O)Oc2ccc(F)cc2)nc(-c2ccccc2)n1. The van der Waals surface area contributed by atoms with E-state index in [0.717, 1.165) is 24.3 Å². The van der Waals surface area contributed by atoms with Crippen molar-refractivity contribution in [1.82, 2.24) is 19.7 Å². The minimum Gasteiger partial charge on any atom is -0.464 e. The van der Waals surface area contributed by atoms with Crippen molar-refractivity contribution in [1.29, 1.82) is 0 Å². The predicted octanol–water partition coefficient (Wildman–Crippen LogP) is 2.52. The van der Waals surface area contributed by atoms with Crippen LogP contribution in [-0.2, 0) is 10.3 Å². The largest absolute Gasteiger partial charge is 0.464 e. The van der Waals surface area contributed by atoms with Gasteiger partial charge >= 0.3 is 22.3 Å². The van der Waals surface area contributed by atoms with Crippen LogP contribution < -0.4 is 19.0 Å². The first-order valence-corrected chi connectivity index (χ1v) is 9.98. The van der Waals surface area contributed by atoms with Crippen molar-refractivity contribution in [3.05, 3.63) is 60.4 Å². The normalized spacial score (nSPS) is 10.9. The first-order chi connectivity index (χ1) is 14.3. The van der Waals surface area contributed by atoms with Crippen LogP contribution in [0.2, 0.25) is 0 Å². The third-order valence-electron chi connectivity index (χ3n) is 3.38. The van der Waals surface area contributed by atoms with Crippen LogP contribution in [0.15, 0.2) is 54.6 Å². The number of nitrogens with one attached hydrogen (secondary N) is 2. The molecule has 1 heterocycles. The number of halogens is 1. The summed E-state index contributed by atoms with van der Waals surface area (Å²) in [7, 11) is -4.54. The number of amides is 2. The third kappa shape index (κ3) is 5.85. The lowest BCUT2D eigenvalue weighted by atomic mass is 10.2. The molecule has 0 aliphatic carbocycles. The van der Waals surface area contributed by atoms with E-state index in [1.165, 1.54) is 0 Å². The van der Waals surface area contributed by atoms with Gasteiger partial charge in [-0.15, -0.1) is 0 Å². The van der Waals surface area contributed by atoms with Gasteiger partial charge in [0, 0.05) is 5.56 Å². The summed E-state index contributed by atoms with van der Waals surface area (Å²) < 4.78 is 48.4. The Labute approximate surface area is 171 Å². The van der Waals surface area contributed by atoms with Crippen LogP contribution in [0.5, 0.6) is 11.8 Å². The summed E-state index contributed by atoms with van der Waals surface area (Å²) in [6.45, 7) is 1.99. The van der Waals surface area contributed by atoms with Crippen LogP contribution in [0.4, 0.5) is 15.1 Å². The minimum absolute atomic E-state index is 0.0490. The van der Waals surface area contributed by atoms with Gasteiger partial charge in [0.1, 0.15) is 11.6 Å². The Hall–Kier alpha value is -3.80. The van der Waals surface area contributed by atoms with E-state index in [4.69, 9.17) is 4.74 Å². The first kappa shape index (κ1) is 20.9. The van der Waals surface area contributed by atoms with Gasteiger partial charge in [-0.2, -0.15) is 23.4 Å². The number of hydrogen-bond donors (Lipinski definition) is 2. The second kappa shape index (κ2) is 9.13. The number of hydrogen-bond acceptors (Lipinski definition) is 8. The number of rotatable bonds is 7. The second-order valence-corrected chi connectivity index (χ2v) is 6.89. The van der Waals surface area contributed by atoms with Crippen molar-refractivity contribution in [3.63, 3.8) is 0 Å². The molecule has 1 aromatic heterocycles. The number of ether oxygens (including phenoxy) is 1. The Morgan fingerprint density at radius 2 is 1.73 bits per heavy atom. The van der Waals surface area contributed by atoms with Gasteiger partial charge in [0.15, 0.2) is 5.82 Å². The van der Waals surface area contributed by atoms with Crippen LogP contribution >= 0.6 is 0 Å². The van der Waals surface area contributed by atoms with Crippen LogP contribution in [0, 0.1) is 5.82 Å². The van der Waals surface area contributed by atoms with Gasteiger partial charge in [-0.1, -0.05) is 30.3 Å². The maximum absolute atomic E-state index is 12.9. The average molecular weight is 433 g/mol. The standard InChI is InChI=1S/C18H16FN5O5S/c1-2-28-18-21-15(12-6-4-3-5-7-12)20-16(23-18)22-17(25)24-30(26,27)29-14-10-8-13(19)9-11-14/h3-11H,2H2,1H3,(H2,20,21,22,23,24,25). The van der Waals surface area contributed by atoms with Crippen LogP contribution in [0.1, 0.15) is 6.92 Å². The number of carbonyl (C=O) groups is 1. The smallest absolute Gasteiger partial charge is 0.411 e. The number of nitrogens with zero attached hydrogens (tertiary/aromatic N) is 3. The van der Waals surface area contributed by atoms with Crippen molar-refractivity contribution >= 4 is 22.3 Å². The first-order valence-electron chi connectivity index (χ1n) is 8.57. The van der Waals surface area contributed by atoms with Crippen LogP contribution in [0.25, 0.3) is 11.4 Å². The maximum atomic E-state index is 12.9. The Kier molecular flexibility index (Phi) is 6.37. The Morgan fingerprint density at radius 1 is 1.03 bits per heavy atom. The molecule has 0 fully saturated rings. The molecule has 0 spiro atoms.